The highest BCUT2D eigenvalue weighted by Gasteiger charge is 2.34. The number of nitrogens with zero attached hydrogens (tertiary/aromatic N) is 1. The van der Waals surface area contributed by atoms with E-state index in [1.165, 1.54) is 6.92 Å². The number of carbonyl (C=O) groups excluding carboxylic acids is 1. The Morgan fingerprint density at radius 2 is 1.95 bits per heavy atom. The first-order valence-corrected chi connectivity index (χ1v) is 6.65. The number of nitrogens with one attached hydrogen (secondary N) is 1. The summed E-state index contributed by atoms with van der Waals surface area (Å²) in [4.78, 5) is 24.6. The molecule has 19 heavy (non-hydrogen) atoms. The van der Waals surface area contributed by atoms with E-state index in [0.29, 0.717) is 18.4 Å². The van der Waals surface area contributed by atoms with Crippen molar-refractivity contribution in [2.75, 3.05) is 13.1 Å². The minimum atomic E-state index is -1.94. The molecule has 1 fully saturated rings. The van der Waals surface area contributed by atoms with Gasteiger partial charge in [0.1, 0.15) is 0 Å². The quantitative estimate of drug-likeness (QED) is 0.712. The number of hydrogen-bond donors (Lipinski definition) is 3. The van der Waals surface area contributed by atoms with E-state index in [-0.39, 0.29) is 18.6 Å². The van der Waals surface area contributed by atoms with Gasteiger partial charge in [-0.2, -0.15) is 0 Å². The molecule has 3 N–H and O–H groups in total. The lowest BCUT2D eigenvalue weighted by atomic mass is 9.86. The van der Waals surface area contributed by atoms with E-state index in [1.54, 1.807) is 4.90 Å². The lowest BCUT2D eigenvalue weighted by Gasteiger charge is -2.41. The first-order chi connectivity index (χ1) is 8.65. The number of amides is 2. The lowest BCUT2D eigenvalue weighted by molar-refractivity contribution is -0.155. The smallest absolute Gasteiger partial charge is 0.337 e. The van der Waals surface area contributed by atoms with Gasteiger partial charge in [-0.15, -0.1) is 0 Å². The molecule has 0 saturated carbocycles. The van der Waals surface area contributed by atoms with Crippen molar-refractivity contribution in [2.45, 2.75) is 45.8 Å². The van der Waals surface area contributed by atoms with Gasteiger partial charge in [0.2, 0.25) is 0 Å². The second-order valence-electron chi connectivity index (χ2n) is 5.95. The number of carboxylic acid groups (broad SMARTS) is 1. The van der Waals surface area contributed by atoms with Crippen molar-refractivity contribution >= 4 is 12.0 Å². The Morgan fingerprint density at radius 3 is 2.47 bits per heavy atom. The highest BCUT2D eigenvalue weighted by molar-refractivity contribution is 5.79. The van der Waals surface area contributed by atoms with Crippen LogP contribution in [0.3, 0.4) is 0 Å². The summed E-state index contributed by atoms with van der Waals surface area (Å²) in [5.74, 6) is -0.507. The van der Waals surface area contributed by atoms with Crippen molar-refractivity contribution in [1.82, 2.24) is 10.2 Å². The van der Waals surface area contributed by atoms with Crippen LogP contribution in [0.5, 0.6) is 0 Å². The third-order valence-corrected chi connectivity index (χ3v) is 3.90. The van der Waals surface area contributed by atoms with Gasteiger partial charge in [-0.25, -0.2) is 9.59 Å². The molecule has 1 heterocycles. The van der Waals surface area contributed by atoms with Crippen molar-refractivity contribution < 1.29 is 19.8 Å². The van der Waals surface area contributed by atoms with Gasteiger partial charge in [-0.05, 0) is 32.1 Å². The molecule has 1 aliphatic heterocycles. The topological polar surface area (TPSA) is 89.9 Å². The molecule has 1 saturated heterocycles. The highest BCUT2D eigenvalue weighted by Crippen LogP contribution is 2.26. The van der Waals surface area contributed by atoms with Crippen molar-refractivity contribution in [2.24, 2.45) is 11.8 Å². The molecule has 6 nitrogen and oxygen atoms in total. The zero-order valence-corrected chi connectivity index (χ0v) is 12.0. The molecule has 0 bridgehead atoms. The summed E-state index contributed by atoms with van der Waals surface area (Å²) in [6.45, 7) is 7.72. The molecule has 0 aromatic rings. The summed E-state index contributed by atoms with van der Waals surface area (Å²) >= 11 is 0. The predicted molar refractivity (Wildman–Crippen MR) is 70.8 cm³/mol. The van der Waals surface area contributed by atoms with Gasteiger partial charge in [-0.1, -0.05) is 13.8 Å². The second kappa shape index (κ2) is 5.77. The van der Waals surface area contributed by atoms with Gasteiger partial charge in [0.15, 0.2) is 5.60 Å². The van der Waals surface area contributed by atoms with Crippen LogP contribution in [0.4, 0.5) is 4.79 Å². The van der Waals surface area contributed by atoms with Gasteiger partial charge in [0.05, 0.1) is 6.54 Å². The number of aliphatic carboxylic acids is 1. The van der Waals surface area contributed by atoms with Crippen LogP contribution in [0.1, 0.15) is 34.1 Å². The van der Waals surface area contributed by atoms with Crippen molar-refractivity contribution in [3.63, 3.8) is 0 Å². The lowest BCUT2D eigenvalue weighted by Crippen LogP contribution is -2.55. The summed E-state index contributed by atoms with van der Waals surface area (Å²) in [7, 11) is 0. The van der Waals surface area contributed by atoms with Crippen LogP contribution < -0.4 is 5.32 Å². The number of carboxylic acids is 1. The Kier molecular flexibility index (Phi) is 4.79. The fraction of sp³-hybridized carbons (Fsp3) is 0.846. The van der Waals surface area contributed by atoms with Gasteiger partial charge in [0, 0.05) is 12.6 Å². The zero-order chi connectivity index (χ0) is 14.8. The van der Waals surface area contributed by atoms with Crippen molar-refractivity contribution in [3.05, 3.63) is 0 Å². The summed E-state index contributed by atoms with van der Waals surface area (Å²) in [5, 5.41) is 20.9. The van der Waals surface area contributed by atoms with Gasteiger partial charge < -0.3 is 20.4 Å². The molecule has 1 rings (SSSR count). The molecule has 0 aliphatic carbocycles. The minimum absolute atomic E-state index is 0.117. The number of aliphatic hydroxyl groups is 1. The Bertz CT molecular complexity index is 357. The molecule has 2 amide bonds. The number of urea groups is 1. The van der Waals surface area contributed by atoms with Crippen molar-refractivity contribution in [1.29, 1.82) is 0 Å². The van der Waals surface area contributed by atoms with E-state index in [0.717, 1.165) is 6.42 Å². The summed E-state index contributed by atoms with van der Waals surface area (Å²) < 4.78 is 0. The Morgan fingerprint density at radius 1 is 1.37 bits per heavy atom. The first-order valence-electron chi connectivity index (χ1n) is 6.65. The molecule has 110 valence electrons. The van der Waals surface area contributed by atoms with Crippen LogP contribution in [0.15, 0.2) is 0 Å². The minimum Gasteiger partial charge on any atom is -0.479 e. The molecule has 4 unspecified atom stereocenters. The third kappa shape index (κ3) is 3.83. The molecule has 6 heteroatoms. The number of likely N-dealkylation sites (tertiary alicyclic amines) is 1. The van der Waals surface area contributed by atoms with Gasteiger partial charge in [0.25, 0.3) is 0 Å². The Labute approximate surface area is 113 Å². The molecule has 0 radical (unpaired) electrons. The van der Waals surface area contributed by atoms with Crippen LogP contribution in [0, 0.1) is 11.8 Å². The molecule has 1 aliphatic rings. The average molecular weight is 272 g/mol. The zero-order valence-electron chi connectivity index (χ0n) is 12.0. The number of piperidine rings is 1. The van der Waals surface area contributed by atoms with E-state index in [1.807, 2.05) is 6.92 Å². The van der Waals surface area contributed by atoms with Crippen LogP contribution >= 0.6 is 0 Å². The standard InChI is InChI=1S/C13H24N2O4/c1-8-5-9(2)10(3)15(6-8)12(18)14-7-13(4,19)11(16)17/h8-10,19H,5-7H2,1-4H3,(H,14,18)(H,16,17). The van der Waals surface area contributed by atoms with Crippen LogP contribution in [-0.4, -0.2) is 51.8 Å². The van der Waals surface area contributed by atoms with Crippen LogP contribution in [0.25, 0.3) is 0 Å². The largest absolute Gasteiger partial charge is 0.479 e. The van der Waals surface area contributed by atoms with E-state index < -0.39 is 11.6 Å². The Hall–Kier alpha value is -1.30. The van der Waals surface area contributed by atoms with Crippen molar-refractivity contribution in [3.8, 4) is 0 Å². The maximum absolute atomic E-state index is 12.1. The number of rotatable bonds is 3. The summed E-state index contributed by atoms with van der Waals surface area (Å²) in [6, 6.07) is -0.196. The van der Waals surface area contributed by atoms with E-state index in [2.05, 4.69) is 19.2 Å². The summed E-state index contributed by atoms with van der Waals surface area (Å²) in [6.07, 6.45) is 1.08. The van der Waals surface area contributed by atoms with Crippen LogP contribution in [-0.2, 0) is 4.79 Å². The van der Waals surface area contributed by atoms with E-state index >= 15 is 0 Å². The summed E-state index contributed by atoms with van der Waals surface area (Å²) in [5.41, 5.74) is -1.94. The average Bonchev–Trinajstić information content (AvgIpc) is 2.30. The third-order valence-electron chi connectivity index (χ3n) is 3.90. The molecule has 0 spiro atoms. The fourth-order valence-electron chi connectivity index (χ4n) is 2.41. The fourth-order valence-corrected chi connectivity index (χ4v) is 2.41. The molecule has 0 aromatic carbocycles. The number of hydrogen-bond acceptors (Lipinski definition) is 3. The molecular formula is C13H24N2O4. The SMILES string of the molecule is CC1CC(C)C(C)N(C(=O)NCC(C)(O)C(=O)O)C1. The van der Waals surface area contributed by atoms with Crippen LogP contribution in [0.2, 0.25) is 0 Å². The highest BCUT2D eigenvalue weighted by atomic mass is 16.4. The molecular weight excluding hydrogens is 248 g/mol. The number of carbonyl (C=O) groups is 2. The van der Waals surface area contributed by atoms with E-state index in [9.17, 15) is 14.7 Å². The maximum Gasteiger partial charge on any atom is 0.337 e. The molecule has 4 atom stereocenters. The van der Waals surface area contributed by atoms with Gasteiger partial charge in [-0.3, -0.25) is 0 Å². The maximum atomic E-state index is 12.1. The first kappa shape index (κ1) is 15.8. The van der Waals surface area contributed by atoms with E-state index in [4.69, 9.17) is 5.11 Å². The molecule has 0 aromatic heterocycles. The predicted octanol–water partition coefficient (Wildman–Crippen LogP) is 0.898. The van der Waals surface area contributed by atoms with Gasteiger partial charge >= 0.3 is 12.0 Å². The normalized spacial score (nSPS) is 30.6. The second-order valence-corrected chi connectivity index (χ2v) is 5.95. The monoisotopic (exact) mass is 272 g/mol. The Balaban J connectivity index is 2.60.